The number of rotatable bonds is 3. The largest absolute Gasteiger partial charge is 0.344 e. The van der Waals surface area contributed by atoms with E-state index < -0.39 is 11.6 Å². The third-order valence-corrected chi connectivity index (χ3v) is 3.24. The van der Waals surface area contributed by atoms with Crippen molar-refractivity contribution < 1.29 is 8.78 Å². The van der Waals surface area contributed by atoms with E-state index in [9.17, 15) is 8.78 Å². The molecule has 2 N–H and O–H groups in total. The van der Waals surface area contributed by atoms with Crippen molar-refractivity contribution in [3.63, 3.8) is 0 Å². The molecule has 0 aliphatic rings. The van der Waals surface area contributed by atoms with Crippen molar-refractivity contribution in [2.75, 3.05) is 0 Å². The van der Waals surface area contributed by atoms with Gasteiger partial charge in [0.25, 0.3) is 0 Å². The number of hydrogen-bond acceptors (Lipinski definition) is 1. The van der Waals surface area contributed by atoms with Crippen LogP contribution in [0.15, 0.2) is 24.3 Å². The predicted molar refractivity (Wildman–Crippen MR) is 67.3 cm³/mol. The van der Waals surface area contributed by atoms with Crippen LogP contribution in [0.5, 0.6) is 0 Å². The van der Waals surface area contributed by atoms with Crippen LogP contribution in [0.4, 0.5) is 8.78 Å². The minimum Gasteiger partial charge on any atom is -0.344 e. The van der Waals surface area contributed by atoms with Crippen molar-refractivity contribution in [2.24, 2.45) is 5.73 Å². The summed E-state index contributed by atoms with van der Waals surface area (Å²) in [5.41, 5.74) is 9.22. The van der Waals surface area contributed by atoms with Crippen LogP contribution >= 0.6 is 0 Å². The smallest absolute Gasteiger partial charge is 0.131 e. The van der Waals surface area contributed by atoms with Crippen LogP contribution in [0.2, 0.25) is 0 Å². The van der Waals surface area contributed by atoms with Gasteiger partial charge in [-0.2, -0.15) is 0 Å². The lowest BCUT2D eigenvalue weighted by Crippen LogP contribution is -2.07. The molecular weight excluding hydrogens is 234 g/mol. The molecule has 0 spiro atoms. The normalized spacial score (nSPS) is 10.9. The van der Waals surface area contributed by atoms with Crippen molar-refractivity contribution in [3.05, 3.63) is 58.4 Å². The molecule has 2 nitrogen and oxygen atoms in total. The maximum atomic E-state index is 13.6. The van der Waals surface area contributed by atoms with Gasteiger partial charge in [-0.1, -0.05) is 6.07 Å². The van der Waals surface area contributed by atoms with Crippen LogP contribution < -0.4 is 5.73 Å². The number of aryl methyl sites for hydroxylation is 1. The van der Waals surface area contributed by atoms with Gasteiger partial charge in [0.15, 0.2) is 0 Å². The zero-order chi connectivity index (χ0) is 13.3. The number of hydrogen-bond donors (Lipinski definition) is 1. The molecule has 0 atom stereocenters. The molecule has 0 fully saturated rings. The van der Waals surface area contributed by atoms with Gasteiger partial charge in [-0.05, 0) is 31.5 Å². The van der Waals surface area contributed by atoms with Crippen molar-refractivity contribution >= 4 is 0 Å². The molecule has 96 valence electrons. The summed E-state index contributed by atoms with van der Waals surface area (Å²) in [5, 5.41) is 0. The number of halogens is 2. The Morgan fingerprint density at radius 2 is 1.83 bits per heavy atom. The molecule has 0 bridgehead atoms. The molecular formula is C14H16F2N2. The van der Waals surface area contributed by atoms with E-state index in [1.54, 1.807) is 0 Å². The number of nitrogens with two attached hydrogens (primary N) is 1. The molecule has 0 saturated carbocycles. The van der Waals surface area contributed by atoms with Gasteiger partial charge in [0, 0.05) is 29.6 Å². The molecule has 2 aromatic rings. The molecule has 0 radical (unpaired) electrons. The summed E-state index contributed by atoms with van der Waals surface area (Å²) in [6, 6.07) is 5.66. The SMILES string of the molecule is Cc1cc(CN)c(C)n1Cc1ccc(F)cc1F. The summed E-state index contributed by atoms with van der Waals surface area (Å²) in [7, 11) is 0. The average Bonchev–Trinajstić information content (AvgIpc) is 2.59. The molecule has 2 rings (SSSR count). The summed E-state index contributed by atoms with van der Waals surface area (Å²) >= 11 is 0. The van der Waals surface area contributed by atoms with Crippen molar-refractivity contribution in [2.45, 2.75) is 26.9 Å². The van der Waals surface area contributed by atoms with E-state index in [-0.39, 0.29) is 0 Å². The van der Waals surface area contributed by atoms with Gasteiger partial charge in [0.05, 0.1) is 6.54 Å². The second kappa shape index (κ2) is 4.90. The molecule has 0 aliphatic heterocycles. The molecule has 0 aliphatic carbocycles. The van der Waals surface area contributed by atoms with E-state index >= 15 is 0 Å². The molecule has 18 heavy (non-hydrogen) atoms. The maximum absolute atomic E-state index is 13.6. The molecule has 1 aromatic carbocycles. The van der Waals surface area contributed by atoms with Crippen LogP contribution in [-0.4, -0.2) is 4.57 Å². The van der Waals surface area contributed by atoms with Gasteiger partial charge >= 0.3 is 0 Å². The molecule has 4 heteroatoms. The Bertz CT molecular complexity index is 573. The van der Waals surface area contributed by atoms with Crippen LogP contribution in [0.1, 0.15) is 22.5 Å². The summed E-state index contributed by atoms with van der Waals surface area (Å²) in [6.45, 7) is 4.76. The Balaban J connectivity index is 2.37. The van der Waals surface area contributed by atoms with Gasteiger partial charge in [-0.3, -0.25) is 0 Å². The van der Waals surface area contributed by atoms with Gasteiger partial charge in [-0.15, -0.1) is 0 Å². The maximum Gasteiger partial charge on any atom is 0.131 e. The van der Waals surface area contributed by atoms with E-state index in [2.05, 4.69) is 0 Å². The van der Waals surface area contributed by atoms with E-state index in [1.165, 1.54) is 12.1 Å². The highest BCUT2D eigenvalue weighted by Crippen LogP contribution is 2.18. The lowest BCUT2D eigenvalue weighted by Gasteiger charge is -2.10. The topological polar surface area (TPSA) is 30.9 Å². The molecule has 0 saturated heterocycles. The standard InChI is InChI=1S/C14H16F2N2/c1-9-5-12(7-17)10(2)18(9)8-11-3-4-13(15)6-14(11)16/h3-6H,7-8,17H2,1-2H3. The van der Waals surface area contributed by atoms with E-state index in [0.29, 0.717) is 18.7 Å². The van der Waals surface area contributed by atoms with Crippen LogP contribution in [-0.2, 0) is 13.1 Å². The highest BCUT2D eigenvalue weighted by molar-refractivity contribution is 5.29. The Morgan fingerprint density at radius 1 is 1.11 bits per heavy atom. The minimum atomic E-state index is -0.556. The van der Waals surface area contributed by atoms with Crippen LogP contribution in [0.25, 0.3) is 0 Å². The fourth-order valence-corrected chi connectivity index (χ4v) is 2.14. The molecule has 0 unspecified atom stereocenters. The Labute approximate surface area is 105 Å². The zero-order valence-corrected chi connectivity index (χ0v) is 10.5. The second-order valence-corrected chi connectivity index (χ2v) is 4.42. The average molecular weight is 250 g/mol. The van der Waals surface area contributed by atoms with Crippen molar-refractivity contribution in [1.29, 1.82) is 0 Å². The summed E-state index contributed by atoms with van der Waals surface area (Å²) in [4.78, 5) is 0. The van der Waals surface area contributed by atoms with E-state index in [1.807, 2.05) is 24.5 Å². The summed E-state index contributed by atoms with van der Waals surface area (Å²) in [6.07, 6.45) is 0. The summed E-state index contributed by atoms with van der Waals surface area (Å²) < 4.78 is 28.4. The third-order valence-electron chi connectivity index (χ3n) is 3.24. The van der Waals surface area contributed by atoms with Gasteiger partial charge in [-0.25, -0.2) is 8.78 Å². The van der Waals surface area contributed by atoms with Gasteiger partial charge < -0.3 is 10.3 Å². The monoisotopic (exact) mass is 250 g/mol. The predicted octanol–water partition coefficient (Wildman–Crippen LogP) is 2.89. The van der Waals surface area contributed by atoms with E-state index in [4.69, 9.17) is 5.73 Å². The minimum absolute atomic E-state index is 0.393. The van der Waals surface area contributed by atoms with E-state index in [0.717, 1.165) is 23.0 Å². The first-order valence-electron chi connectivity index (χ1n) is 5.82. The van der Waals surface area contributed by atoms with Crippen LogP contribution in [0, 0.1) is 25.5 Å². The Hall–Kier alpha value is -1.68. The quantitative estimate of drug-likeness (QED) is 0.892. The third kappa shape index (κ3) is 2.29. The van der Waals surface area contributed by atoms with Gasteiger partial charge in [0.1, 0.15) is 11.6 Å². The second-order valence-electron chi connectivity index (χ2n) is 4.42. The molecule has 1 heterocycles. The number of benzene rings is 1. The first kappa shape index (κ1) is 12.8. The fourth-order valence-electron chi connectivity index (χ4n) is 2.14. The molecule has 1 aromatic heterocycles. The highest BCUT2D eigenvalue weighted by atomic mass is 19.1. The molecule has 0 amide bonds. The fraction of sp³-hybridized carbons (Fsp3) is 0.286. The lowest BCUT2D eigenvalue weighted by molar-refractivity contribution is 0.564. The Morgan fingerprint density at radius 3 is 2.39 bits per heavy atom. The summed E-state index contributed by atoms with van der Waals surface area (Å²) in [5.74, 6) is -1.07. The Kier molecular flexibility index (Phi) is 3.48. The first-order valence-corrected chi connectivity index (χ1v) is 5.82. The first-order chi connectivity index (χ1) is 8.52. The van der Waals surface area contributed by atoms with Gasteiger partial charge in [0.2, 0.25) is 0 Å². The van der Waals surface area contributed by atoms with Crippen LogP contribution in [0.3, 0.4) is 0 Å². The number of aromatic nitrogens is 1. The zero-order valence-electron chi connectivity index (χ0n) is 10.5. The van der Waals surface area contributed by atoms with Crippen molar-refractivity contribution in [1.82, 2.24) is 4.57 Å². The highest BCUT2D eigenvalue weighted by Gasteiger charge is 2.10. The number of nitrogens with zero attached hydrogens (tertiary/aromatic N) is 1. The van der Waals surface area contributed by atoms with Crippen molar-refractivity contribution in [3.8, 4) is 0 Å². The lowest BCUT2D eigenvalue weighted by atomic mass is 10.2.